The van der Waals surface area contributed by atoms with Gasteiger partial charge < -0.3 is 19.3 Å². The SMILES string of the molecule is CC(C)(C)OC(=O)N1CCC(CCN2CCC(OCc3ccc(-c4cc5c(Cl)ncnc5n4S(=O)(=O)c4ccccc4)cc3)CC2)CC1. The average molecular weight is 694 g/mol. The molecule has 0 saturated carbocycles. The van der Waals surface area contributed by atoms with Gasteiger partial charge in [0, 0.05) is 26.2 Å². The summed E-state index contributed by atoms with van der Waals surface area (Å²) in [4.78, 5) is 25.2. The maximum absolute atomic E-state index is 13.8. The molecule has 4 heterocycles. The van der Waals surface area contributed by atoms with E-state index in [1.165, 1.54) is 10.3 Å². The summed E-state index contributed by atoms with van der Waals surface area (Å²) in [6, 6.07) is 17.8. The number of ether oxygens (including phenoxy) is 2. The predicted molar refractivity (Wildman–Crippen MR) is 186 cm³/mol. The van der Waals surface area contributed by atoms with Crippen LogP contribution in [-0.2, 0) is 26.1 Å². The van der Waals surface area contributed by atoms with Gasteiger partial charge in [0.15, 0.2) is 5.65 Å². The fourth-order valence-electron chi connectivity index (χ4n) is 6.48. The van der Waals surface area contributed by atoms with Crippen LogP contribution in [0.4, 0.5) is 4.79 Å². The summed E-state index contributed by atoms with van der Waals surface area (Å²) >= 11 is 6.36. The van der Waals surface area contributed by atoms with E-state index in [1.54, 1.807) is 36.4 Å². The number of hydrogen-bond donors (Lipinski definition) is 0. The van der Waals surface area contributed by atoms with Gasteiger partial charge in [-0.2, -0.15) is 0 Å². The van der Waals surface area contributed by atoms with Crippen LogP contribution in [0.25, 0.3) is 22.3 Å². The van der Waals surface area contributed by atoms with Gasteiger partial charge in [-0.1, -0.05) is 54.1 Å². The highest BCUT2D eigenvalue weighted by Crippen LogP contribution is 2.34. The molecule has 2 aliphatic heterocycles. The van der Waals surface area contributed by atoms with Crippen molar-refractivity contribution in [2.45, 2.75) is 76.1 Å². The van der Waals surface area contributed by atoms with Gasteiger partial charge in [-0.25, -0.2) is 27.2 Å². The summed E-state index contributed by atoms with van der Waals surface area (Å²) in [7, 11) is -3.96. The standard InChI is InChI=1S/C36H44ClN5O5S/c1-36(2,3)47-35(43)41-21-14-26(15-22-41)13-18-40-19-16-29(17-20-40)46-24-27-9-11-28(12-10-27)32-23-31-33(37)38-25-39-34(31)42(32)48(44,45)30-7-5-4-6-8-30/h4-12,23,25-26,29H,13-22,24H2,1-3H3. The van der Waals surface area contributed by atoms with Crippen molar-refractivity contribution in [2.24, 2.45) is 5.92 Å². The normalized spacial score (nSPS) is 17.2. The first kappa shape index (κ1) is 34.4. The van der Waals surface area contributed by atoms with Gasteiger partial charge in [-0.3, -0.25) is 0 Å². The quantitative estimate of drug-likeness (QED) is 0.173. The lowest BCUT2D eigenvalue weighted by atomic mass is 9.93. The van der Waals surface area contributed by atoms with Crippen LogP contribution in [-0.4, -0.2) is 82.7 Å². The van der Waals surface area contributed by atoms with Crippen LogP contribution in [0.15, 0.2) is 71.9 Å². The first-order valence-corrected chi connectivity index (χ1v) is 18.5. The van der Waals surface area contributed by atoms with Crippen molar-refractivity contribution in [3.63, 3.8) is 0 Å². The number of fused-ring (bicyclic) bond motifs is 1. The minimum atomic E-state index is -3.96. The highest BCUT2D eigenvalue weighted by atomic mass is 35.5. The van der Waals surface area contributed by atoms with Gasteiger partial charge in [0.25, 0.3) is 10.0 Å². The maximum Gasteiger partial charge on any atom is 0.410 e. The summed E-state index contributed by atoms with van der Waals surface area (Å²) < 4.78 is 40.7. The van der Waals surface area contributed by atoms with Crippen molar-refractivity contribution in [1.29, 1.82) is 0 Å². The van der Waals surface area contributed by atoms with E-state index < -0.39 is 15.6 Å². The lowest BCUT2D eigenvalue weighted by Crippen LogP contribution is -2.42. The zero-order valence-corrected chi connectivity index (χ0v) is 29.4. The third-order valence-electron chi connectivity index (χ3n) is 9.18. The second kappa shape index (κ2) is 14.5. The Morgan fingerprint density at radius 2 is 1.62 bits per heavy atom. The Morgan fingerprint density at radius 3 is 2.29 bits per heavy atom. The number of halogens is 1. The van der Waals surface area contributed by atoms with Crippen molar-refractivity contribution >= 4 is 38.8 Å². The lowest BCUT2D eigenvalue weighted by Gasteiger charge is -2.35. The molecular formula is C36H44ClN5O5S. The van der Waals surface area contributed by atoms with E-state index in [2.05, 4.69) is 14.9 Å². The topological polar surface area (TPSA) is 107 Å². The monoisotopic (exact) mass is 693 g/mol. The zero-order chi connectivity index (χ0) is 33.9. The van der Waals surface area contributed by atoms with Gasteiger partial charge in [-0.05, 0) is 94.7 Å². The number of piperidine rings is 2. The van der Waals surface area contributed by atoms with Crippen LogP contribution < -0.4 is 0 Å². The number of nitrogens with zero attached hydrogens (tertiary/aromatic N) is 5. The number of amides is 1. The summed E-state index contributed by atoms with van der Waals surface area (Å²) in [5.74, 6) is 0.644. The minimum absolute atomic E-state index is 0.162. The van der Waals surface area contributed by atoms with Crippen LogP contribution in [0.1, 0.15) is 58.4 Å². The molecule has 2 saturated heterocycles. The van der Waals surface area contributed by atoms with E-state index in [9.17, 15) is 13.2 Å². The number of carbonyl (C=O) groups excluding carboxylic acids is 1. The Kier molecular flexibility index (Phi) is 10.4. The van der Waals surface area contributed by atoms with Crippen LogP contribution in [0, 0.1) is 5.92 Å². The molecule has 2 aromatic carbocycles. The van der Waals surface area contributed by atoms with E-state index in [0.717, 1.165) is 76.0 Å². The summed E-state index contributed by atoms with van der Waals surface area (Å²) in [5.41, 5.74) is 1.97. The molecule has 12 heteroatoms. The van der Waals surface area contributed by atoms with Gasteiger partial charge in [0.2, 0.25) is 0 Å². The predicted octanol–water partition coefficient (Wildman–Crippen LogP) is 7.01. The number of rotatable bonds is 9. The molecule has 0 radical (unpaired) electrons. The van der Waals surface area contributed by atoms with Crippen LogP contribution in [0.2, 0.25) is 5.15 Å². The molecule has 0 spiro atoms. The first-order chi connectivity index (χ1) is 23.0. The molecule has 256 valence electrons. The number of aromatic nitrogens is 3. The maximum atomic E-state index is 13.8. The molecule has 1 amide bonds. The molecule has 0 atom stereocenters. The largest absolute Gasteiger partial charge is 0.444 e. The minimum Gasteiger partial charge on any atom is -0.444 e. The second-order valence-electron chi connectivity index (χ2n) is 13.8. The molecule has 6 rings (SSSR count). The zero-order valence-electron chi connectivity index (χ0n) is 27.8. The first-order valence-electron chi connectivity index (χ1n) is 16.7. The Hall–Kier alpha value is -3.51. The summed E-state index contributed by atoms with van der Waals surface area (Å²) in [6.45, 7) is 10.9. The Labute approximate surface area is 288 Å². The van der Waals surface area contributed by atoms with E-state index in [4.69, 9.17) is 21.1 Å². The molecule has 0 aliphatic carbocycles. The fourth-order valence-corrected chi connectivity index (χ4v) is 8.17. The third-order valence-corrected chi connectivity index (χ3v) is 11.2. The van der Waals surface area contributed by atoms with Crippen LogP contribution in [0.3, 0.4) is 0 Å². The molecule has 0 bridgehead atoms. The van der Waals surface area contributed by atoms with E-state index in [-0.39, 0.29) is 27.9 Å². The average Bonchev–Trinajstić information content (AvgIpc) is 3.49. The number of hydrogen-bond acceptors (Lipinski definition) is 8. The molecule has 2 fully saturated rings. The Balaban J connectivity index is 1.00. The van der Waals surface area contributed by atoms with Gasteiger partial charge >= 0.3 is 6.09 Å². The molecule has 0 unspecified atom stereocenters. The highest BCUT2D eigenvalue weighted by Gasteiger charge is 2.28. The van der Waals surface area contributed by atoms with Crippen molar-refractivity contribution in [3.8, 4) is 11.3 Å². The van der Waals surface area contributed by atoms with E-state index in [0.29, 0.717) is 23.6 Å². The van der Waals surface area contributed by atoms with Crippen molar-refractivity contribution in [3.05, 3.63) is 77.7 Å². The Bertz CT molecular complexity index is 1810. The lowest BCUT2D eigenvalue weighted by molar-refractivity contribution is -0.00411. The highest BCUT2D eigenvalue weighted by molar-refractivity contribution is 7.90. The molecule has 2 aromatic heterocycles. The Morgan fingerprint density at radius 1 is 0.938 bits per heavy atom. The number of likely N-dealkylation sites (tertiary alicyclic amines) is 2. The van der Waals surface area contributed by atoms with E-state index >= 15 is 0 Å². The van der Waals surface area contributed by atoms with E-state index in [1.807, 2.05) is 49.9 Å². The van der Waals surface area contributed by atoms with Gasteiger partial charge in [0.05, 0.1) is 28.7 Å². The van der Waals surface area contributed by atoms with Crippen molar-refractivity contribution in [2.75, 3.05) is 32.7 Å². The van der Waals surface area contributed by atoms with Crippen LogP contribution >= 0.6 is 11.6 Å². The second-order valence-corrected chi connectivity index (χ2v) is 15.9. The van der Waals surface area contributed by atoms with Gasteiger partial charge in [-0.15, -0.1) is 0 Å². The third kappa shape index (κ3) is 8.02. The summed E-state index contributed by atoms with van der Waals surface area (Å²) in [6.07, 6.45) is 6.49. The molecular weight excluding hydrogens is 650 g/mol. The number of carbonyl (C=O) groups is 1. The fraction of sp³-hybridized carbons (Fsp3) is 0.472. The van der Waals surface area contributed by atoms with Gasteiger partial charge in [0.1, 0.15) is 17.1 Å². The molecule has 0 N–H and O–H groups in total. The summed E-state index contributed by atoms with van der Waals surface area (Å²) in [5, 5.41) is 0.663. The van der Waals surface area contributed by atoms with Crippen molar-refractivity contribution in [1.82, 2.24) is 23.7 Å². The molecule has 48 heavy (non-hydrogen) atoms. The molecule has 2 aliphatic rings. The number of benzene rings is 2. The molecule has 10 nitrogen and oxygen atoms in total. The van der Waals surface area contributed by atoms with Crippen LogP contribution in [0.5, 0.6) is 0 Å². The smallest absolute Gasteiger partial charge is 0.410 e. The van der Waals surface area contributed by atoms with Crippen molar-refractivity contribution < 1.29 is 22.7 Å². The molecule has 4 aromatic rings.